The van der Waals surface area contributed by atoms with Crippen LogP contribution in [0.3, 0.4) is 0 Å². The summed E-state index contributed by atoms with van der Waals surface area (Å²) in [7, 11) is 0. The second-order valence-electron chi connectivity index (χ2n) is 4.54. The molecule has 0 amide bonds. The highest BCUT2D eigenvalue weighted by atomic mass is 16.5. The van der Waals surface area contributed by atoms with Gasteiger partial charge in [0.1, 0.15) is 5.58 Å². The van der Waals surface area contributed by atoms with Gasteiger partial charge in [0.2, 0.25) is 5.76 Å². The number of nitrogen functional groups attached to an aromatic ring is 1. The van der Waals surface area contributed by atoms with Crippen molar-refractivity contribution in [2.75, 3.05) is 12.3 Å². The maximum Gasteiger partial charge on any atom is 0.374 e. The fourth-order valence-electron chi connectivity index (χ4n) is 1.92. The van der Waals surface area contributed by atoms with Crippen LogP contribution in [0.5, 0.6) is 0 Å². The average molecular weight is 275 g/mol. The maximum atomic E-state index is 12.0. The quantitative estimate of drug-likeness (QED) is 0.515. The van der Waals surface area contributed by atoms with E-state index >= 15 is 0 Å². The molecule has 1 aromatic carbocycles. The van der Waals surface area contributed by atoms with Crippen LogP contribution in [0.1, 0.15) is 36.7 Å². The second kappa shape index (κ2) is 6.23. The van der Waals surface area contributed by atoms with Crippen LogP contribution < -0.4 is 11.2 Å². The van der Waals surface area contributed by atoms with Gasteiger partial charge in [0.25, 0.3) is 0 Å². The lowest BCUT2D eigenvalue weighted by molar-refractivity contribution is 0.0462. The lowest BCUT2D eigenvalue weighted by atomic mass is 10.2. The Kier molecular flexibility index (Phi) is 4.40. The molecule has 0 unspecified atom stereocenters. The van der Waals surface area contributed by atoms with Crippen LogP contribution in [0.2, 0.25) is 0 Å². The Balaban J connectivity index is 2.23. The van der Waals surface area contributed by atoms with Gasteiger partial charge in [-0.25, -0.2) is 4.79 Å². The monoisotopic (exact) mass is 275 g/mol. The first-order valence-electron chi connectivity index (χ1n) is 6.63. The predicted octanol–water partition coefficient (Wildman–Crippen LogP) is 2.72. The van der Waals surface area contributed by atoms with E-state index in [2.05, 4.69) is 6.92 Å². The van der Waals surface area contributed by atoms with Gasteiger partial charge in [-0.1, -0.05) is 25.8 Å². The molecule has 0 aliphatic rings. The summed E-state index contributed by atoms with van der Waals surface area (Å²) in [5.74, 6) is -0.716. The van der Waals surface area contributed by atoms with Crippen LogP contribution in [0.15, 0.2) is 33.5 Å². The lowest BCUT2D eigenvalue weighted by Gasteiger charge is -2.05. The van der Waals surface area contributed by atoms with Crippen LogP contribution in [-0.4, -0.2) is 12.6 Å². The highest BCUT2D eigenvalue weighted by molar-refractivity contribution is 5.92. The zero-order valence-electron chi connectivity index (χ0n) is 11.3. The van der Waals surface area contributed by atoms with E-state index < -0.39 is 5.97 Å². The highest BCUT2D eigenvalue weighted by Gasteiger charge is 2.14. The van der Waals surface area contributed by atoms with Crippen LogP contribution >= 0.6 is 0 Å². The van der Waals surface area contributed by atoms with Gasteiger partial charge in [0.05, 0.1) is 12.0 Å². The number of hydrogen-bond donors (Lipinski definition) is 1. The summed E-state index contributed by atoms with van der Waals surface area (Å²) < 4.78 is 10.4. The number of nitrogens with two attached hydrogens (primary N) is 1. The molecule has 0 spiro atoms. The number of anilines is 1. The predicted molar refractivity (Wildman–Crippen MR) is 76.7 cm³/mol. The van der Waals surface area contributed by atoms with Crippen LogP contribution in [0, 0.1) is 0 Å². The zero-order chi connectivity index (χ0) is 14.5. The number of carbonyl (C=O) groups excluding carboxylic acids is 1. The van der Waals surface area contributed by atoms with E-state index in [1.807, 2.05) is 0 Å². The topological polar surface area (TPSA) is 82.5 Å². The molecule has 0 saturated heterocycles. The van der Waals surface area contributed by atoms with Gasteiger partial charge in [-0.05, 0) is 18.6 Å². The number of ether oxygens (including phenoxy) is 1. The van der Waals surface area contributed by atoms with Crippen LogP contribution in [-0.2, 0) is 4.74 Å². The molecule has 1 aromatic heterocycles. The molecular formula is C15H17NO4. The van der Waals surface area contributed by atoms with Crippen molar-refractivity contribution in [3.63, 3.8) is 0 Å². The first-order valence-corrected chi connectivity index (χ1v) is 6.63. The van der Waals surface area contributed by atoms with Crippen molar-refractivity contribution in [3.8, 4) is 0 Å². The smallest absolute Gasteiger partial charge is 0.374 e. The SMILES string of the molecule is CCCCCOC(=O)c1cc(=O)c2c(N)cccc2o1. The molecule has 0 atom stereocenters. The van der Waals surface area contributed by atoms with Crippen molar-refractivity contribution >= 4 is 22.6 Å². The summed E-state index contributed by atoms with van der Waals surface area (Å²) in [6.45, 7) is 2.39. The molecule has 1 heterocycles. The summed E-state index contributed by atoms with van der Waals surface area (Å²) in [5.41, 5.74) is 6.00. The van der Waals surface area contributed by atoms with Crippen molar-refractivity contribution in [2.45, 2.75) is 26.2 Å². The Morgan fingerprint density at radius 3 is 2.90 bits per heavy atom. The number of esters is 1. The molecule has 20 heavy (non-hydrogen) atoms. The lowest BCUT2D eigenvalue weighted by Crippen LogP contribution is -2.11. The molecule has 2 rings (SSSR count). The van der Waals surface area contributed by atoms with Crippen LogP contribution in [0.25, 0.3) is 11.0 Å². The zero-order valence-corrected chi connectivity index (χ0v) is 11.3. The molecule has 5 nitrogen and oxygen atoms in total. The molecule has 0 aliphatic heterocycles. The van der Waals surface area contributed by atoms with Crippen molar-refractivity contribution < 1.29 is 13.9 Å². The third-order valence-corrected chi connectivity index (χ3v) is 2.97. The largest absolute Gasteiger partial charge is 0.460 e. The number of hydrogen-bond acceptors (Lipinski definition) is 5. The Hall–Kier alpha value is -2.30. The minimum absolute atomic E-state index is 0.0930. The molecule has 0 aliphatic carbocycles. The molecule has 2 aromatic rings. The van der Waals surface area contributed by atoms with Gasteiger partial charge in [-0.3, -0.25) is 4.79 Å². The van der Waals surface area contributed by atoms with E-state index in [1.54, 1.807) is 18.2 Å². The van der Waals surface area contributed by atoms with Gasteiger partial charge in [0, 0.05) is 11.8 Å². The molecule has 106 valence electrons. The van der Waals surface area contributed by atoms with E-state index in [0.29, 0.717) is 12.3 Å². The van der Waals surface area contributed by atoms with Crippen molar-refractivity contribution in [2.24, 2.45) is 0 Å². The molecule has 0 saturated carbocycles. The molecule has 5 heteroatoms. The van der Waals surface area contributed by atoms with Gasteiger partial charge in [-0.15, -0.1) is 0 Å². The maximum absolute atomic E-state index is 12.0. The molecule has 0 fully saturated rings. The Morgan fingerprint density at radius 1 is 1.35 bits per heavy atom. The number of fused-ring (bicyclic) bond motifs is 1. The first-order chi connectivity index (χ1) is 9.63. The molecule has 0 radical (unpaired) electrons. The fourth-order valence-corrected chi connectivity index (χ4v) is 1.92. The summed E-state index contributed by atoms with van der Waals surface area (Å²) in [4.78, 5) is 23.8. The molecular weight excluding hydrogens is 258 g/mol. The fraction of sp³-hybridized carbons (Fsp3) is 0.333. The highest BCUT2D eigenvalue weighted by Crippen LogP contribution is 2.18. The third-order valence-electron chi connectivity index (χ3n) is 2.97. The number of benzene rings is 1. The van der Waals surface area contributed by atoms with Crippen molar-refractivity contribution in [3.05, 3.63) is 40.2 Å². The Labute approximate surface area is 116 Å². The van der Waals surface area contributed by atoms with E-state index in [-0.39, 0.29) is 22.2 Å². The van der Waals surface area contributed by atoms with E-state index in [1.165, 1.54) is 0 Å². The molecule has 0 bridgehead atoms. The van der Waals surface area contributed by atoms with Gasteiger partial charge >= 0.3 is 5.97 Å². The van der Waals surface area contributed by atoms with Crippen LogP contribution in [0.4, 0.5) is 5.69 Å². The third kappa shape index (κ3) is 2.99. The number of rotatable bonds is 5. The minimum atomic E-state index is -0.623. The normalized spacial score (nSPS) is 10.7. The van der Waals surface area contributed by atoms with Gasteiger partial charge in [0.15, 0.2) is 5.43 Å². The van der Waals surface area contributed by atoms with E-state index in [0.717, 1.165) is 25.3 Å². The number of carbonyl (C=O) groups is 1. The standard InChI is InChI=1S/C15H17NO4/c1-2-3-4-8-19-15(18)13-9-11(17)14-10(16)6-5-7-12(14)20-13/h5-7,9H,2-4,8,16H2,1H3. The Morgan fingerprint density at radius 2 is 2.15 bits per heavy atom. The first kappa shape index (κ1) is 14.1. The Bertz CT molecular complexity index is 675. The summed E-state index contributed by atoms with van der Waals surface area (Å²) in [5, 5.41) is 0.287. The summed E-state index contributed by atoms with van der Waals surface area (Å²) >= 11 is 0. The van der Waals surface area contributed by atoms with E-state index in [4.69, 9.17) is 14.9 Å². The second-order valence-corrected chi connectivity index (χ2v) is 4.54. The molecule has 2 N–H and O–H groups in total. The summed E-state index contributed by atoms with van der Waals surface area (Å²) in [6, 6.07) is 6.00. The van der Waals surface area contributed by atoms with Crippen molar-refractivity contribution in [1.82, 2.24) is 0 Å². The van der Waals surface area contributed by atoms with E-state index in [9.17, 15) is 9.59 Å². The van der Waals surface area contributed by atoms with Gasteiger partial charge < -0.3 is 14.9 Å². The van der Waals surface area contributed by atoms with Gasteiger partial charge in [-0.2, -0.15) is 0 Å². The summed E-state index contributed by atoms with van der Waals surface area (Å²) in [6.07, 6.45) is 2.83. The van der Waals surface area contributed by atoms with Crippen molar-refractivity contribution in [1.29, 1.82) is 0 Å². The average Bonchev–Trinajstić information content (AvgIpc) is 2.43. The minimum Gasteiger partial charge on any atom is -0.460 e. The number of unbranched alkanes of at least 4 members (excludes halogenated alkanes) is 2.